The summed E-state index contributed by atoms with van der Waals surface area (Å²) in [5.74, 6) is 0. The number of nitrogens with zero attached hydrogens (tertiary/aromatic N) is 2. The van der Waals surface area contributed by atoms with Gasteiger partial charge in [-0.15, -0.1) is 0 Å². The maximum Gasteiger partial charge on any atom is 0.169 e. The third-order valence-corrected chi connectivity index (χ3v) is 4.43. The second-order valence-electron chi connectivity index (χ2n) is 5.98. The summed E-state index contributed by atoms with van der Waals surface area (Å²) in [5.41, 5.74) is 2.76. The lowest BCUT2D eigenvalue weighted by Gasteiger charge is -2.36. The topological polar surface area (TPSA) is 18.5 Å². The molecule has 0 radical (unpaired) electrons. The molecule has 1 N–H and O–H groups in total. The summed E-state index contributed by atoms with van der Waals surface area (Å²) in [6.45, 7) is 7.50. The Labute approximate surface area is 126 Å². The fraction of sp³-hybridized carbons (Fsp3) is 0.562. The monoisotopic (exact) mass is 289 g/mol. The van der Waals surface area contributed by atoms with Gasteiger partial charge in [-0.1, -0.05) is 29.8 Å². The van der Waals surface area contributed by atoms with Crippen molar-refractivity contribution in [1.29, 1.82) is 0 Å². The van der Waals surface area contributed by atoms with Crippen molar-refractivity contribution in [2.45, 2.75) is 32.4 Å². The highest BCUT2D eigenvalue weighted by atomic mass is 32.1. The minimum Gasteiger partial charge on any atom is -0.360 e. The molecule has 1 saturated carbocycles. The molecule has 1 saturated heterocycles. The summed E-state index contributed by atoms with van der Waals surface area (Å²) in [4.78, 5) is 4.84. The van der Waals surface area contributed by atoms with Gasteiger partial charge in [0.1, 0.15) is 0 Å². The first-order valence-electron chi connectivity index (χ1n) is 7.54. The van der Waals surface area contributed by atoms with Crippen LogP contribution in [-0.2, 0) is 6.54 Å². The van der Waals surface area contributed by atoms with E-state index in [2.05, 4.69) is 46.3 Å². The van der Waals surface area contributed by atoms with Crippen molar-refractivity contribution in [1.82, 2.24) is 15.1 Å². The molecule has 4 heteroatoms. The molecule has 0 unspecified atom stereocenters. The van der Waals surface area contributed by atoms with Gasteiger partial charge in [0.2, 0.25) is 0 Å². The van der Waals surface area contributed by atoms with Crippen molar-refractivity contribution in [3.63, 3.8) is 0 Å². The van der Waals surface area contributed by atoms with Crippen LogP contribution in [0.3, 0.4) is 0 Å². The van der Waals surface area contributed by atoms with E-state index >= 15 is 0 Å². The third kappa shape index (κ3) is 3.70. The molecule has 0 spiro atoms. The van der Waals surface area contributed by atoms with Crippen LogP contribution >= 0.6 is 12.2 Å². The molecule has 3 nitrogen and oxygen atoms in total. The zero-order valence-corrected chi connectivity index (χ0v) is 13.0. The SMILES string of the molecule is Cc1cccc(CN2CCN(C(=S)NC3CC3)CC2)c1. The third-order valence-electron chi connectivity index (χ3n) is 4.05. The van der Waals surface area contributed by atoms with E-state index in [1.165, 1.54) is 24.0 Å². The molecule has 0 amide bonds. The minimum absolute atomic E-state index is 0.660. The molecule has 1 aromatic carbocycles. The molecule has 108 valence electrons. The van der Waals surface area contributed by atoms with E-state index in [4.69, 9.17) is 12.2 Å². The first kappa shape index (κ1) is 13.8. The Balaban J connectivity index is 1.47. The first-order chi connectivity index (χ1) is 9.70. The van der Waals surface area contributed by atoms with Crippen molar-refractivity contribution in [3.05, 3.63) is 35.4 Å². The molecule has 2 aliphatic rings. The quantitative estimate of drug-likeness (QED) is 0.859. The molecule has 1 aromatic rings. The largest absolute Gasteiger partial charge is 0.360 e. The minimum atomic E-state index is 0.660. The summed E-state index contributed by atoms with van der Waals surface area (Å²) in [6, 6.07) is 9.47. The highest BCUT2D eigenvalue weighted by Crippen LogP contribution is 2.19. The van der Waals surface area contributed by atoms with Gasteiger partial charge < -0.3 is 10.2 Å². The Bertz CT molecular complexity index is 476. The van der Waals surface area contributed by atoms with Crippen LogP contribution < -0.4 is 5.32 Å². The second-order valence-corrected chi connectivity index (χ2v) is 6.36. The van der Waals surface area contributed by atoms with E-state index in [1.54, 1.807) is 0 Å². The lowest BCUT2D eigenvalue weighted by atomic mass is 10.1. The highest BCUT2D eigenvalue weighted by Gasteiger charge is 2.25. The van der Waals surface area contributed by atoms with Crippen LogP contribution in [0.4, 0.5) is 0 Å². The van der Waals surface area contributed by atoms with Crippen molar-refractivity contribution in [3.8, 4) is 0 Å². The first-order valence-corrected chi connectivity index (χ1v) is 7.95. The predicted octanol–water partition coefficient (Wildman–Crippen LogP) is 2.15. The molecule has 20 heavy (non-hydrogen) atoms. The number of benzene rings is 1. The highest BCUT2D eigenvalue weighted by molar-refractivity contribution is 7.80. The molecule has 0 aromatic heterocycles. The molecular formula is C16H23N3S. The molecule has 1 heterocycles. The van der Waals surface area contributed by atoms with E-state index in [1.807, 2.05) is 0 Å². The van der Waals surface area contributed by atoms with Crippen LogP contribution in [0.2, 0.25) is 0 Å². The van der Waals surface area contributed by atoms with Gasteiger partial charge in [0.25, 0.3) is 0 Å². The number of thiocarbonyl (C=S) groups is 1. The standard InChI is InChI=1S/C16H23N3S/c1-13-3-2-4-14(11-13)12-18-7-9-19(10-8-18)16(20)17-15-5-6-15/h2-4,11,15H,5-10,12H2,1H3,(H,17,20). The van der Waals surface area contributed by atoms with Gasteiger partial charge in [-0.2, -0.15) is 0 Å². The number of aryl methyl sites for hydroxylation is 1. The van der Waals surface area contributed by atoms with Crippen molar-refractivity contribution in [2.75, 3.05) is 26.2 Å². The maximum atomic E-state index is 5.47. The van der Waals surface area contributed by atoms with Crippen molar-refractivity contribution in [2.24, 2.45) is 0 Å². The summed E-state index contributed by atoms with van der Waals surface area (Å²) in [5, 5.41) is 4.40. The Morgan fingerprint density at radius 1 is 1.25 bits per heavy atom. The summed E-state index contributed by atoms with van der Waals surface area (Å²) >= 11 is 5.47. The van der Waals surface area contributed by atoms with Gasteiger partial charge in [0, 0.05) is 38.8 Å². The average molecular weight is 289 g/mol. The molecule has 3 rings (SSSR count). The molecule has 1 aliphatic heterocycles. The average Bonchev–Trinajstić information content (AvgIpc) is 3.23. The predicted molar refractivity (Wildman–Crippen MR) is 86.8 cm³/mol. The smallest absolute Gasteiger partial charge is 0.169 e. The lowest BCUT2D eigenvalue weighted by molar-refractivity contribution is 0.174. The Kier molecular flexibility index (Phi) is 4.22. The Morgan fingerprint density at radius 3 is 2.65 bits per heavy atom. The number of rotatable bonds is 3. The van der Waals surface area contributed by atoms with Crippen LogP contribution in [0.25, 0.3) is 0 Å². The van der Waals surface area contributed by atoms with E-state index in [9.17, 15) is 0 Å². The van der Waals surface area contributed by atoms with Crippen molar-refractivity contribution < 1.29 is 0 Å². The van der Waals surface area contributed by atoms with Crippen LogP contribution in [0.1, 0.15) is 24.0 Å². The Morgan fingerprint density at radius 2 is 2.00 bits per heavy atom. The second kappa shape index (κ2) is 6.10. The molecule has 0 atom stereocenters. The van der Waals surface area contributed by atoms with Gasteiger partial charge in [-0.05, 0) is 37.5 Å². The van der Waals surface area contributed by atoms with E-state index in [0.717, 1.165) is 37.8 Å². The van der Waals surface area contributed by atoms with Gasteiger partial charge in [0.15, 0.2) is 5.11 Å². The lowest BCUT2D eigenvalue weighted by Crippen LogP contribution is -2.51. The molecule has 2 fully saturated rings. The number of piperazine rings is 1. The fourth-order valence-electron chi connectivity index (χ4n) is 2.67. The van der Waals surface area contributed by atoms with Gasteiger partial charge >= 0.3 is 0 Å². The van der Waals surface area contributed by atoms with E-state index < -0.39 is 0 Å². The summed E-state index contributed by atoms with van der Waals surface area (Å²) < 4.78 is 0. The van der Waals surface area contributed by atoms with Crippen LogP contribution in [0.5, 0.6) is 0 Å². The van der Waals surface area contributed by atoms with Crippen LogP contribution in [-0.4, -0.2) is 47.1 Å². The summed E-state index contributed by atoms with van der Waals surface area (Å²) in [7, 11) is 0. The van der Waals surface area contributed by atoms with Gasteiger partial charge in [-0.25, -0.2) is 0 Å². The summed E-state index contributed by atoms with van der Waals surface area (Å²) in [6.07, 6.45) is 2.57. The zero-order chi connectivity index (χ0) is 13.9. The van der Waals surface area contributed by atoms with E-state index in [0.29, 0.717) is 6.04 Å². The van der Waals surface area contributed by atoms with Crippen LogP contribution in [0.15, 0.2) is 24.3 Å². The van der Waals surface area contributed by atoms with Gasteiger partial charge in [0.05, 0.1) is 0 Å². The Hall–Kier alpha value is -1.13. The molecular weight excluding hydrogens is 266 g/mol. The van der Waals surface area contributed by atoms with Gasteiger partial charge in [-0.3, -0.25) is 4.90 Å². The van der Waals surface area contributed by atoms with E-state index in [-0.39, 0.29) is 0 Å². The number of hydrogen-bond donors (Lipinski definition) is 1. The number of hydrogen-bond acceptors (Lipinski definition) is 2. The molecule has 0 bridgehead atoms. The maximum absolute atomic E-state index is 5.47. The number of nitrogens with one attached hydrogen (secondary N) is 1. The zero-order valence-electron chi connectivity index (χ0n) is 12.1. The van der Waals surface area contributed by atoms with Crippen molar-refractivity contribution >= 4 is 17.3 Å². The van der Waals surface area contributed by atoms with Crippen LogP contribution in [0, 0.1) is 6.92 Å². The fourth-order valence-corrected chi connectivity index (χ4v) is 3.02. The normalized spacial score (nSPS) is 19.9. The molecule has 1 aliphatic carbocycles.